The molecule has 2 unspecified atom stereocenters. The van der Waals surface area contributed by atoms with Gasteiger partial charge in [0.2, 0.25) is 0 Å². The Balaban J connectivity index is 1.79. The number of hydrogen-bond acceptors (Lipinski definition) is 2. The molecule has 22 heavy (non-hydrogen) atoms. The summed E-state index contributed by atoms with van der Waals surface area (Å²) >= 11 is 0. The van der Waals surface area contributed by atoms with Crippen molar-refractivity contribution in [2.45, 2.75) is 51.1 Å². The lowest BCUT2D eigenvalue weighted by atomic mass is 9.79. The van der Waals surface area contributed by atoms with Gasteiger partial charge in [0, 0.05) is 6.04 Å². The highest BCUT2D eigenvalue weighted by atomic mass is 16.6. The van der Waals surface area contributed by atoms with E-state index in [1.54, 1.807) is 0 Å². The summed E-state index contributed by atoms with van der Waals surface area (Å²) in [6, 6.07) is 10.8. The van der Waals surface area contributed by atoms with Gasteiger partial charge < -0.3 is 4.74 Å². The summed E-state index contributed by atoms with van der Waals surface area (Å²) in [5, 5.41) is 0. The van der Waals surface area contributed by atoms with Crippen LogP contribution in [0, 0.1) is 5.92 Å². The molecule has 1 saturated carbocycles. The van der Waals surface area contributed by atoms with Crippen LogP contribution < -0.4 is 0 Å². The zero-order valence-electron chi connectivity index (χ0n) is 13.3. The number of carbonyl (C=O) groups excluding carboxylic acids is 1. The number of carbonyl (C=O) groups is 1. The minimum Gasteiger partial charge on any atom is -0.447 e. The molecule has 3 heteroatoms. The number of benzene rings is 1. The molecule has 1 amide bonds. The van der Waals surface area contributed by atoms with Crippen LogP contribution in [0.1, 0.15) is 38.2 Å². The molecule has 3 nitrogen and oxygen atoms in total. The smallest absolute Gasteiger partial charge is 0.410 e. The molecule has 2 fully saturated rings. The molecule has 118 valence electrons. The lowest BCUT2D eigenvalue weighted by molar-refractivity contribution is 0.113. The van der Waals surface area contributed by atoms with Crippen LogP contribution in [0.4, 0.5) is 4.79 Å². The van der Waals surface area contributed by atoms with Crippen LogP contribution in [0.5, 0.6) is 0 Å². The van der Waals surface area contributed by atoms with Crippen molar-refractivity contribution in [1.29, 1.82) is 0 Å². The zero-order valence-corrected chi connectivity index (χ0v) is 13.3. The number of cyclic esters (lactones) is 1. The van der Waals surface area contributed by atoms with E-state index in [0.717, 1.165) is 19.3 Å². The maximum Gasteiger partial charge on any atom is 0.410 e. The van der Waals surface area contributed by atoms with Gasteiger partial charge in [-0.2, -0.15) is 0 Å². The molecule has 2 aliphatic rings. The Morgan fingerprint density at radius 2 is 2.00 bits per heavy atom. The lowest BCUT2D eigenvalue weighted by Crippen LogP contribution is -2.48. The summed E-state index contributed by atoms with van der Waals surface area (Å²) < 4.78 is 5.39. The van der Waals surface area contributed by atoms with Crippen molar-refractivity contribution < 1.29 is 9.53 Å². The van der Waals surface area contributed by atoms with Crippen molar-refractivity contribution >= 4 is 6.09 Å². The third kappa shape index (κ3) is 3.03. The van der Waals surface area contributed by atoms with E-state index >= 15 is 0 Å². The Morgan fingerprint density at radius 1 is 1.27 bits per heavy atom. The average molecular weight is 299 g/mol. The van der Waals surface area contributed by atoms with Gasteiger partial charge in [0.15, 0.2) is 0 Å². The van der Waals surface area contributed by atoms with Gasteiger partial charge in [0.25, 0.3) is 0 Å². The maximum absolute atomic E-state index is 12.3. The second-order valence-electron chi connectivity index (χ2n) is 6.63. The fourth-order valence-corrected chi connectivity index (χ4v) is 3.94. The summed E-state index contributed by atoms with van der Waals surface area (Å²) in [5.41, 5.74) is 2.46. The van der Waals surface area contributed by atoms with Gasteiger partial charge in [-0.3, -0.25) is 4.90 Å². The molecule has 0 spiro atoms. The van der Waals surface area contributed by atoms with Crippen LogP contribution in [-0.2, 0) is 11.2 Å². The van der Waals surface area contributed by atoms with Gasteiger partial charge in [-0.1, -0.05) is 55.3 Å². The van der Waals surface area contributed by atoms with Crippen molar-refractivity contribution in [2.24, 2.45) is 5.92 Å². The number of rotatable bonds is 4. The van der Waals surface area contributed by atoms with Crippen molar-refractivity contribution in [2.75, 3.05) is 6.61 Å². The summed E-state index contributed by atoms with van der Waals surface area (Å²) in [7, 11) is 0. The second kappa shape index (κ2) is 6.55. The van der Waals surface area contributed by atoms with Crippen molar-refractivity contribution in [3.05, 3.63) is 48.0 Å². The average Bonchev–Trinajstić information content (AvgIpc) is 2.89. The van der Waals surface area contributed by atoms with E-state index in [2.05, 4.69) is 37.8 Å². The molecule has 1 aliphatic carbocycles. The molecular weight excluding hydrogens is 274 g/mol. The standard InChI is InChI=1S/C19H25NO2/c1-14(2)17-10-6-7-11-18(17)20-16(13-22-19(20)21)12-15-8-4-3-5-9-15/h3-5,8-9,16-18H,1,6-7,10-13H2,2H3/t16-,17?,18?/m0/s1. The molecule has 0 N–H and O–H groups in total. The molecule has 1 aromatic carbocycles. The van der Waals surface area contributed by atoms with E-state index in [4.69, 9.17) is 4.74 Å². The zero-order chi connectivity index (χ0) is 15.5. The van der Waals surface area contributed by atoms with Gasteiger partial charge in [0.05, 0.1) is 6.04 Å². The fraction of sp³-hybridized carbons (Fsp3) is 0.526. The molecule has 3 rings (SSSR count). The third-order valence-corrected chi connectivity index (χ3v) is 5.04. The third-order valence-electron chi connectivity index (χ3n) is 5.04. The lowest BCUT2D eigenvalue weighted by Gasteiger charge is -2.39. The summed E-state index contributed by atoms with van der Waals surface area (Å²) in [5.74, 6) is 0.415. The van der Waals surface area contributed by atoms with Gasteiger partial charge in [-0.15, -0.1) is 0 Å². The monoisotopic (exact) mass is 299 g/mol. The Hall–Kier alpha value is -1.77. The molecule has 1 aliphatic heterocycles. The first kappa shape index (κ1) is 15.1. The highest BCUT2D eigenvalue weighted by molar-refractivity contribution is 5.70. The SMILES string of the molecule is C=C(C)C1CCCCC1N1C(=O)OC[C@@H]1Cc1ccccc1. The maximum atomic E-state index is 12.3. The van der Waals surface area contributed by atoms with E-state index in [-0.39, 0.29) is 18.2 Å². The molecule has 1 aromatic rings. The van der Waals surface area contributed by atoms with Crippen LogP contribution in [-0.4, -0.2) is 29.7 Å². The first-order valence-electron chi connectivity index (χ1n) is 8.31. The molecule has 0 aromatic heterocycles. The minimum atomic E-state index is -0.140. The number of amides is 1. The first-order valence-corrected chi connectivity index (χ1v) is 8.31. The number of hydrogen-bond donors (Lipinski definition) is 0. The van der Waals surface area contributed by atoms with E-state index < -0.39 is 0 Å². The Labute approximate surface area is 133 Å². The number of ether oxygens (including phenoxy) is 1. The molecule has 1 saturated heterocycles. The van der Waals surface area contributed by atoms with Gasteiger partial charge in [-0.05, 0) is 37.7 Å². The molecule has 3 atom stereocenters. The van der Waals surface area contributed by atoms with Gasteiger partial charge in [-0.25, -0.2) is 4.79 Å². The molecule has 1 heterocycles. The fourth-order valence-electron chi connectivity index (χ4n) is 3.94. The van der Waals surface area contributed by atoms with Crippen molar-refractivity contribution in [1.82, 2.24) is 4.90 Å². The Morgan fingerprint density at radius 3 is 2.73 bits per heavy atom. The molecule has 0 bridgehead atoms. The first-order chi connectivity index (χ1) is 10.7. The highest BCUT2D eigenvalue weighted by Gasteiger charge is 2.42. The van der Waals surface area contributed by atoms with E-state index in [9.17, 15) is 4.79 Å². The van der Waals surface area contributed by atoms with Crippen LogP contribution in [0.25, 0.3) is 0 Å². The summed E-state index contributed by atoms with van der Waals surface area (Å²) in [6.45, 7) is 6.76. The molecule has 0 radical (unpaired) electrons. The van der Waals surface area contributed by atoms with Gasteiger partial charge >= 0.3 is 6.09 Å². The minimum absolute atomic E-state index is 0.140. The van der Waals surface area contributed by atoms with E-state index in [1.807, 2.05) is 11.0 Å². The Kier molecular flexibility index (Phi) is 4.51. The van der Waals surface area contributed by atoms with E-state index in [1.165, 1.54) is 24.0 Å². The van der Waals surface area contributed by atoms with Gasteiger partial charge in [0.1, 0.15) is 6.61 Å². The van der Waals surface area contributed by atoms with Crippen LogP contribution in [0.2, 0.25) is 0 Å². The van der Waals surface area contributed by atoms with E-state index in [0.29, 0.717) is 12.5 Å². The highest BCUT2D eigenvalue weighted by Crippen LogP contribution is 2.36. The largest absolute Gasteiger partial charge is 0.447 e. The van der Waals surface area contributed by atoms with Crippen LogP contribution in [0.15, 0.2) is 42.5 Å². The van der Waals surface area contributed by atoms with Crippen LogP contribution >= 0.6 is 0 Å². The van der Waals surface area contributed by atoms with Crippen molar-refractivity contribution in [3.63, 3.8) is 0 Å². The predicted molar refractivity (Wildman–Crippen MR) is 87.7 cm³/mol. The predicted octanol–water partition coefficient (Wildman–Crippen LogP) is 4.18. The topological polar surface area (TPSA) is 29.5 Å². The summed E-state index contributed by atoms with van der Waals surface area (Å²) in [4.78, 5) is 14.3. The summed E-state index contributed by atoms with van der Waals surface area (Å²) in [6.07, 6.45) is 5.36. The quantitative estimate of drug-likeness (QED) is 0.780. The Bertz CT molecular complexity index is 540. The van der Waals surface area contributed by atoms with Crippen LogP contribution in [0.3, 0.4) is 0 Å². The van der Waals surface area contributed by atoms with Crippen molar-refractivity contribution in [3.8, 4) is 0 Å². The normalized spacial score (nSPS) is 28.5. The molecular formula is C19H25NO2. The number of nitrogens with zero attached hydrogens (tertiary/aromatic N) is 1. The second-order valence-corrected chi connectivity index (χ2v) is 6.63.